The number of hydrogen-bond donors (Lipinski definition) is 0. The first-order valence-corrected chi connectivity index (χ1v) is 11.0. The lowest BCUT2D eigenvalue weighted by Gasteiger charge is -2.43. The molecule has 1 aromatic rings. The van der Waals surface area contributed by atoms with E-state index in [0.29, 0.717) is 30.3 Å². The average molecular weight is 432 g/mol. The van der Waals surface area contributed by atoms with Crippen molar-refractivity contribution in [2.24, 2.45) is 5.92 Å². The van der Waals surface area contributed by atoms with Crippen LogP contribution in [0.15, 0.2) is 6.07 Å². The molecule has 1 amide bonds. The molecule has 31 heavy (non-hydrogen) atoms. The van der Waals surface area contributed by atoms with Crippen LogP contribution in [0, 0.1) is 5.92 Å². The van der Waals surface area contributed by atoms with Gasteiger partial charge in [0.2, 0.25) is 0 Å². The molecule has 0 spiro atoms. The standard InChI is InChI=1S/C23H33N3O5/c1-13-11-25(22(28)31-23(2,3)4)12-16-9-15-10-17(21(27)30-6)18(24-20(15)26(13)16)19(29-5)14-7-8-14/h10,13-14,16,19H,7-9,11-12H2,1-6H3/t13-,16-,19?/m1/s1. The van der Waals surface area contributed by atoms with Crippen molar-refractivity contribution in [1.29, 1.82) is 0 Å². The Kier molecular flexibility index (Phi) is 5.62. The highest BCUT2D eigenvalue weighted by molar-refractivity contribution is 5.91. The normalized spacial score (nSPS) is 23.8. The molecule has 2 fully saturated rings. The van der Waals surface area contributed by atoms with E-state index in [-0.39, 0.29) is 30.3 Å². The molecule has 1 saturated heterocycles. The number of piperazine rings is 1. The second-order valence-corrected chi connectivity index (χ2v) is 9.89. The number of carbonyl (C=O) groups is 2. The number of methoxy groups -OCH3 is 2. The topological polar surface area (TPSA) is 81.2 Å². The van der Waals surface area contributed by atoms with Crippen molar-refractivity contribution in [3.8, 4) is 0 Å². The molecule has 1 unspecified atom stereocenters. The summed E-state index contributed by atoms with van der Waals surface area (Å²) in [5.41, 5.74) is 1.63. The minimum atomic E-state index is -0.528. The van der Waals surface area contributed by atoms with Crippen LogP contribution < -0.4 is 4.90 Å². The maximum Gasteiger partial charge on any atom is 0.410 e. The molecular formula is C23H33N3O5. The van der Waals surface area contributed by atoms with Crippen LogP contribution in [0.4, 0.5) is 10.6 Å². The Hall–Kier alpha value is -2.35. The van der Waals surface area contributed by atoms with Crippen LogP contribution in [-0.2, 0) is 20.6 Å². The lowest BCUT2D eigenvalue weighted by molar-refractivity contribution is 0.0191. The van der Waals surface area contributed by atoms with Crippen molar-refractivity contribution < 1.29 is 23.8 Å². The second kappa shape index (κ2) is 7.97. The van der Waals surface area contributed by atoms with Gasteiger partial charge < -0.3 is 24.0 Å². The van der Waals surface area contributed by atoms with Gasteiger partial charge in [-0.25, -0.2) is 14.6 Å². The van der Waals surface area contributed by atoms with E-state index < -0.39 is 5.60 Å². The van der Waals surface area contributed by atoms with E-state index in [1.807, 2.05) is 26.8 Å². The molecule has 8 nitrogen and oxygen atoms in total. The summed E-state index contributed by atoms with van der Waals surface area (Å²) in [5, 5.41) is 0. The summed E-state index contributed by atoms with van der Waals surface area (Å²) in [4.78, 5) is 34.3. The number of anilines is 1. The van der Waals surface area contributed by atoms with E-state index in [9.17, 15) is 9.59 Å². The van der Waals surface area contributed by atoms with Gasteiger partial charge in [-0.05, 0) is 64.5 Å². The number of aromatic nitrogens is 1. The van der Waals surface area contributed by atoms with Gasteiger partial charge in [-0.15, -0.1) is 0 Å². The largest absolute Gasteiger partial charge is 0.465 e. The summed E-state index contributed by atoms with van der Waals surface area (Å²) in [6, 6.07) is 2.10. The summed E-state index contributed by atoms with van der Waals surface area (Å²) in [6.07, 6.45) is 2.37. The summed E-state index contributed by atoms with van der Waals surface area (Å²) in [5.74, 6) is 0.894. The predicted molar refractivity (Wildman–Crippen MR) is 115 cm³/mol. The first-order chi connectivity index (χ1) is 14.6. The Labute approximate surface area is 183 Å². The zero-order chi connectivity index (χ0) is 22.5. The van der Waals surface area contributed by atoms with Crippen LogP contribution in [0.25, 0.3) is 0 Å². The maximum absolute atomic E-state index is 12.7. The fourth-order valence-corrected chi connectivity index (χ4v) is 4.81. The molecule has 170 valence electrons. The highest BCUT2D eigenvalue weighted by Gasteiger charge is 2.44. The Morgan fingerprint density at radius 2 is 1.90 bits per heavy atom. The number of fused-ring (bicyclic) bond motifs is 3. The van der Waals surface area contributed by atoms with Crippen molar-refractivity contribution in [3.63, 3.8) is 0 Å². The van der Waals surface area contributed by atoms with E-state index in [0.717, 1.165) is 30.6 Å². The van der Waals surface area contributed by atoms with Crippen molar-refractivity contribution in [2.45, 2.75) is 70.7 Å². The molecule has 0 radical (unpaired) electrons. The number of nitrogens with zero attached hydrogens (tertiary/aromatic N) is 3. The summed E-state index contributed by atoms with van der Waals surface area (Å²) < 4.78 is 16.4. The van der Waals surface area contributed by atoms with Crippen LogP contribution in [-0.4, -0.2) is 66.9 Å². The van der Waals surface area contributed by atoms with Crippen molar-refractivity contribution in [2.75, 3.05) is 32.2 Å². The molecule has 1 aliphatic carbocycles. The Morgan fingerprint density at radius 3 is 2.48 bits per heavy atom. The van der Waals surface area contributed by atoms with Gasteiger partial charge in [-0.2, -0.15) is 0 Å². The van der Waals surface area contributed by atoms with Crippen LogP contribution in [0.2, 0.25) is 0 Å². The lowest BCUT2D eigenvalue weighted by Crippen LogP contribution is -2.58. The smallest absolute Gasteiger partial charge is 0.410 e. The summed E-state index contributed by atoms with van der Waals surface area (Å²) >= 11 is 0. The number of esters is 1. The van der Waals surface area contributed by atoms with Gasteiger partial charge in [0.1, 0.15) is 17.5 Å². The molecule has 3 heterocycles. The quantitative estimate of drug-likeness (QED) is 0.677. The molecule has 3 aliphatic rings. The van der Waals surface area contributed by atoms with Gasteiger partial charge in [0.25, 0.3) is 0 Å². The van der Waals surface area contributed by atoms with E-state index in [1.54, 1.807) is 12.0 Å². The van der Waals surface area contributed by atoms with Gasteiger partial charge >= 0.3 is 12.1 Å². The number of ether oxygens (including phenoxy) is 3. The number of carbonyl (C=O) groups excluding carboxylic acids is 2. The highest BCUT2D eigenvalue weighted by Crippen LogP contribution is 2.45. The summed E-state index contributed by atoms with van der Waals surface area (Å²) in [7, 11) is 3.06. The highest BCUT2D eigenvalue weighted by atomic mass is 16.6. The maximum atomic E-state index is 12.7. The second-order valence-electron chi connectivity index (χ2n) is 9.89. The molecule has 1 aromatic heterocycles. The van der Waals surface area contributed by atoms with Crippen molar-refractivity contribution >= 4 is 17.9 Å². The third-order valence-electron chi connectivity index (χ3n) is 6.22. The number of hydrogen-bond acceptors (Lipinski definition) is 7. The number of rotatable bonds is 4. The number of amides is 1. The van der Waals surface area contributed by atoms with Gasteiger partial charge in [0, 0.05) is 26.2 Å². The van der Waals surface area contributed by atoms with Crippen LogP contribution in [0.3, 0.4) is 0 Å². The Morgan fingerprint density at radius 1 is 1.19 bits per heavy atom. The summed E-state index contributed by atoms with van der Waals surface area (Å²) in [6.45, 7) is 8.86. The molecule has 4 rings (SSSR count). The fourth-order valence-electron chi connectivity index (χ4n) is 4.81. The molecule has 0 N–H and O–H groups in total. The molecule has 8 heteroatoms. The fraction of sp³-hybridized carbons (Fsp3) is 0.696. The molecule has 1 saturated carbocycles. The Bertz CT molecular complexity index is 877. The minimum Gasteiger partial charge on any atom is -0.465 e. The molecule has 3 atom stereocenters. The molecular weight excluding hydrogens is 398 g/mol. The van der Waals surface area contributed by atoms with Gasteiger partial charge in [0.05, 0.1) is 24.4 Å². The van der Waals surface area contributed by atoms with Crippen LogP contribution in [0.1, 0.15) is 68.3 Å². The molecule has 2 aliphatic heterocycles. The third kappa shape index (κ3) is 4.22. The van der Waals surface area contributed by atoms with E-state index in [4.69, 9.17) is 19.2 Å². The lowest BCUT2D eigenvalue weighted by atomic mass is 10.0. The SMILES string of the molecule is COC(=O)c1cc2c(nc1C(OC)C1CC1)N1[C@H](C2)CN(C(=O)OC(C)(C)C)C[C@H]1C. The predicted octanol–water partition coefficient (Wildman–Crippen LogP) is 3.34. The Balaban J connectivity index is 1.64. The molecule has 0 bridgehead atoms. The zero-order valence-electron chi connectivity index (χ0n) is 19.3. The molecule has 0 aromatic carbocycles. The van der Waals surface area contributed by atoms with Crippen LogP contribution in [0.5, 0.6) is 0 Å². The average Bonchev–Trinajstić information content (AvgIpc) is 3.46. The van der Waals surface area contributed by atoms with E-state index in [2.05, 4.69) is 11.8 Å². The van der Waals surface area contributed by atoms with Gasteiger partial charge in [0.15, 0.2) is 0 Å². The first-order valence-electron chi connectivity index (χ1n) is 11.0. The number of pyridine rings is 1. The first kappa shape index (κ1) is 21.9. The van der Waals surface area contributed by atoms with Gasteiger partial charge in [-0.3, -0.25) is 0 Å². The minimum absolute atomic E-state index is 0.0822. The monoisotopic (exact) mass is 431 g/mol. The zero-order valence-corrected chi connectivity index (χ0v) is 19.3. The van der Waals surface area contributed by atoms with E-state index in [1.165, 1.54) is 7.11 Å². The van der Waals surface area contributed by atoms with E-state index >= 15 is 0 Å². The third-order valence-corrected chi connectivity index (χ3v) is 6.22. The van der Waals surface area contributed by atoms with Crippen molar-refractivity contribution in [3.05, 3.63) is 22.9 Å². The van der Waals surface area contributed by atoms with Crippen molar-refractivity contribution in [1.82, 2.24) is 9.88 Å². The van der Waals surface area contributed by atoms with Crippen LogP contribution >= 0.6 is 0 Å². The van der Waals surface area contributed by atoms with Gasteiger partial charge in [-0.1, -0.05) is 0 Å².